The number of fused-ring (bicyclic) bond motifs is 3. The van der Waals surface area contributed by atoms with Gasteiger partial charge in [-0.05, 0) is 23.4 Å². The van der Waals surface area contributed by atoms with Gasteiger partial charge in [0, 0.05) is 17.5 Å². The third-order valence-electron chi connectivity index (χ3n) is 2.91. The summed E-state index contributed by atoms with van der Waals surface area (Å²) in [6.07, 6.45) is 1.08. The van der Waals surface area contributed by atoms with Crippen molar-refractivity contribution in [2.24, 2.45) is 0 Å². The van der Waals surface area contributed by atoms with Crippen LogP contribution in [0.25, 0.3) is 10.9 Å². The Morgan fingerprint density at radius 3 is 3.18 bits per heavy atom. The van der Waals surface area contributed by atoms with E-state index >= 15 is 0 Å². The lowest BCUT2D eigenvalue weighted by Gasteiger charge is -2.27. The van der Waals surface area contributed by atoms with Gasteiger partial charge in [-0.15, -0.1) is 0 Å². The van der Waals surface area contributed by atoms with Crippen LogP contribution in [0.1, 0.15) is 12.1 Å². The van der Waals surface area contributed by atoms with Gasteiger partial charge in [0.25, 0.3) is 0 Å². The van der Waals surface area contributed by atoms with Crippen LogP contribution < -0.4 is 0 Å². The Balaban J connectivity index is 2.09. The van der Waals surface area contributed by atoms with E-state index in [1.807, 2.05) is 18.2 Å². The molecular formula is C12H10ClN2OP. The summed E-state index contributed by atoms with van der Waals surface area (Å²) >= 11 is 6.29. The number of hydrogen-bond acceptors (Lipinski definition) is 2. The molecule has 3 rings (SSSR count). The number of para-hydroxylation sites is 1. The molecule has 0 radical (unpaired) electrons. The first kappa shape index (κ1) is 11.0. The van der Waals surface area contributed by atoms with Crippen molar-refractivity contribution < 1.29 is 4.52 Å². The van der Waals surface area contributed by atoms with Crippen LogP contribution in [0.15, 0.2) is 30.3 Å². The van der Waals surface area contributed by atoms with E-state index in [4.69, 9.17) is 21.0 Å². The highest BCUT2D eigenvalue weighted by molar-refractivity contribution is 7.79. The van der Waals surface area contributed by atoms with Crippen LogP contribution in [-0.4, -0.2) is 10.4 Å². The van der Waals surface area contributed by atoms with Gasteiger partial charge in [-0.25, -0.2) is 0 Å². The zero-order chi connectivity index (χ0) is 11.8. The van der Waals surface area contributed by atoms with Gasteiger partial charge in [-0.3, -0.25) is 4.34 Å². The van der Waals surface area contributed by atoms with E-state index in [1.165, 1.54) is 11.1 Å². The molecule has 1 unspecified atom stereocenters. The lowest BCUT2D eigenvalue weighted by atomic mass is 10.1. The van der Waals surface area contributed by atoms with Crippen LogP contribution in [0, 0.1) is 11.3 Å². The summed E-state index contributed by atoms with van der Waals surface area (Å²) in [6, 6.07) is 12.4. The van der Waals surface area contributed by atoms with Gasteiger partial charge < -0.3 is 4.52 Å². The molecule has 1 aromatic heterocycles. The Labute approximate surface area is 105 Å². The monoisotopic (exact) mass is 264 g/mol. The van der Waals surface area contributed by atoms with E-state index < -0.39 is 7.65 Å². The molecule has 2 atom stereocenters. The molecule has 2 heterocycles. The molecule has 1 aromatic carbocycles. The topological polar surface area (TPSA) is 38.0 Å². The Bertz CT molecular complexity index is 604. The highest BCUT2D eigenvalue weighted by Gasteiger charge is 2.28. The first-order chi connectivity index (χ1) is 8.29. The number of halogens is 1. The van der Waals surface area contributed by atoms with Gasteiger partial charge in [-0.2, -0.15) is 5.26 Å². The standard InChI is InChI=1S/C12H10ClN2OP/c13-17-15-10(8-11(16-17)5-6-14)7-9-3-1-2-4-12(9)15/h1-4,7,11H,5,8H2/t11-,17?/m1/s1. The zero-order valence-corrected chi connectivity index (χ0v) is 10.7. The highest BCUT2D eigenvalue weighted by atomic mass is 35.7. The Hall–Kier alpha value is -1.07. The summed E-state index contributed by atoms with van der Waals surface area (Å²) in [6.45, 7) is 0. The smallest absolute Gasteiger partial charge is 0.241 e. The van der Waals surface area contributed by atoms with Crippen molar-refractivity contribution in [3.8, 4) is 6.07 Å². The van der Waals surface area contributed by atoms with E-state index in [1.54, 1.807) is 0 Å². The summed E-state index contributed by atoms with van der Waals surface area (Å²) in [5, 5.41) is 9.90. The summed E-state index contributed by atoms with van der Waals surface area (Å²) in [7, 11) is -1.18. The molecule has 0 bridgehead atoms. The largest absolute Gasteiger partial charge is 0.322 e. The SMILES string of the molecule is N#CC[C@@H]1Cc2cc3ccccc3n2P(Cl)O1. The van der Waals surface area contributed by atoms with Crippen molar-refractivity contribution in [2.45, 2.75) is 18.9 Å². The molecule has 86 valence electrons. The zero-order valence-electron chi connectivity index (χ0n) is 9.01. The maximum absolute atomic E-state index is 8.72. The molecule has 2 aromatic rings. The molecule has 0 saturated heterocycles. The third-order valence-corrected chi connectivity index (χ3v) is 4.86. The number of rotatable bonds is 1. The van der Waals surface area contributed by atoms with E-state index in [0.29, 0.717) is 6.42 Å². The predicted octanol–water partition coefficient (Wildman–Crippen LogP) is 3.81. The van der Waals surface area contributed by atoms with Gasteiger partial charge in [0.1, 0.15) is 0 Å². The minimum absolute atomic E-state index is 0.0691. The number of hydrogen-bond donors (Lipinski definition) is 0. The Morgan fingerprint density at radius 1 is 1.53 bits per heavy atom. The molecule has 1 aliphatic rings. The summed E-state index contributed by atoms with van der Waals surface area (Å²) in [4.78, 5) is 0. The maximum atomic E-state index is 8.72. The second-order valence-electron chi connectivity index (χ2n) is 4.03. The highest BCUT2D eigenvalue weighted by Crippen LogP contribution is 2.52. The van der Waals surface area contributed by atoms with Gasteiger partial charge in [0.2, 0.25) is 7.65 Å². The van der Waals surface area contributed by atoms with Crippen LogP contribution in [0.3, 0.4) is 0 Å². The van der Waals surface area contributed by atoms with Crippen molar-refractivity contribution in [3.05, 3.63) is 36.0 Å². The van der Waals surface area contributed by atoms with Crippen molar-refractivity contribution in [2.75, 3.05) is 0 Å². The molecule has 0 fully saturated rings. The minimum atomic E-state index is -1.18. The van der Waals surface area contributed by atoms with Gasteiger partial charge >= 0.3 is 0 Å². The predicted molar refractivity (Wildman–Crippen MR) is 68.9 cm³/mol. The average molecular weight is 265 g/mol. The van der Waals surface area contributed by atoms with Crippen LogP contribution >= 0.6 is 18.9 Å². The average Bonchev–Trinajstić information content (AvgIpc) is 2.67. The Morgan fingerprint density at radius 2 is 2.35 bits per heavy atom. The van der Waals surface area contributed by atoms with Gasteiger partial charge in [-0.1, -0.05) is 18.2 Å². The molecular weight excluding hydrogens is 255 g/mol. The minimum Gasteiger partial charge on any atom is -0.322 e. The van der Waals surface area contributed by atoms with Gasteiger partial charge in [0.15, 0.2) is 0 Å². The van der Waals surface area contributed by atoms with Gasteiger partial charge in [0.05, 0.1) is 24.1 Å². The molecule has 0 N–H and O–H groups in total. The fourth-order valence-corrected chi connectivity index (χ4v) is 4.24. The van der Waals surface area contributed by atoms with E-state index in [2.05, 4.69) is 22.5 Å². The molecule has 0 amide bonds. The fourth-order valence-electron chi connectivity index (χ4n) is 2.18. The van der Waals surface area contributed by atoms with Crippen molar-refractivity contribution in [3.63, 3.8) is 0 Å². The van der Waals surface area contributed by atoms with Crippen molar-refractivity contribution in [1.29, 1.82) is 5.26 Å². The molecule has 5 heteroatoms. The molecule has 17 heavy (non-hydrogen) atoms. The second kappa shape index (κ2) is 4.31. The van der Waals surface area contributed by atoms with E-state index in [9.17, 15) is 0 Å². The van der Waals surface area contributed by atoms with Crippen molar-refractivity contribution >= 4 is 29.8 Å². The first-order valence-corrected chi connectivity index (χ1v) is 7.50. The molecule has 3 nitrogen and oxygen atoms in total. The summed E-state index contributed by atoms with van der Waals surface area (Å²) in [5.74, 6) is 0. The van der Waals surface area contributed by atoms with Crippen molar-refractivity contribution in [1.82, 2.24) is 4.34 Å². The molecule has 0 aliphatic carbocycles. The second-order valence-corrected chi connectivity index (χ2v) is 5.96. The maximum Gasteiger partial charge on any atom is 0.241 e. The number of nitriles is 1. The van der Waals surface area contributed by atoms with E-state index in [0.717, 1.165) is 11.9 Å². The first-order valence-electron chi connectivity index (χ1n) is 5.39. The third kappa shape index (κ3) is 1.83. The van der Waals surface area contributed by atoms with Crippen LogP contribution in [0.2, 0.25) is 0 Å². The van der Waals surface area contributed by atoms with Crippen LogP contribution in [0.4, 0.5) is 0 Å². The summed E-state index contributed by atoms with van der Waals surface area (Å²) < 4.78 is 7.75. The number of aromatic nitrogens is 1. The lowest BCUT2D eigenvalue weighted by molar-refractivity contribution is 0.221. The molecule has 0 spiro atoms. The normalized spacial score (nSPS) is 23.3. The summed E-state index contributed by atoms with van der Waals surface area (Å²) in [5.41, 5.74) is 2.28. The lowest BCUT2D eigenvalue weighted by Crippen LogP contribution is -2.20. The molecule has 0 saturated carbocycles. The number of nitrogens with zero attached hydrogens (tertiary/aromatic N) is 2. The Kier molecular flexibility index (Phi) is 2.80. The van der Waals surface area contributed by atoms with Crippen LogP contribution in [0.5, 0.6) is 0 Å². The quantitative estimate of drug-likeness (QED) is 0.735. The molecule has 1 aliphatic heterocycles. The van der Waals surface area contributed by atoms with E-state index in [-0.39, 0.29) is 6.10 Å². The number of benzene rings is 1. The van der Waals surface area contributed by atoms with Crippen LogP contribution in [-0.2, 0) is 10.9 Å². The fraction of sp³-hybridized carbons (Fsp3) is 0.250.